The molecule has 1 aromatic carbocycles. The van der Waals surface area contributed by atoms with E-state index in [1.165, 1.54) is 38.1 Å². The second-order valence-electron chi connectivity index (χ2n) is 4.79. The molecule has 0 spiro atoms. The largest absolute Gasteiger partial charge is 0.480 e. The summed E-state index contributed by atoms with van der Waals surface area (Å²) in [6.45, 7) is 1.39. The van der Waals surface area contributed by atoms with Gasteiger partial charge in [-0.05, 0) is 32.9 Å². The fourth-order valence-corrected chi connectivity index (χ4v) is 1.90. The number of para-hydroxylation sites is 1. The molecule has 0 fully saturated rings. The number of carboxylic acid groups (broad SMARTS) is 1. The molecule has 1 N–H and O–H groups in total. The van der Waals surface area contributed by atoms with Crippen molar-refractivity contribution in [2.24, 2.45) is 0 Å². The van der Waals surface area contributed by atoms with Crippen LogP contribution in [0.5, 0.6) is 5.75 Å². The predicted octanol–water partition coefficient (Wildman–Crippen LogP) is 2.61. The highest BCUT2D eigenvalue weighted by atomic mass is 19.3. The van der Waals surface area contributed by atoms with Crippen LogP contribution in [0.25, 0.3) is 0 Å². The SMILES string of the molecule is CCN(C(=O)c1ccccc1OC(F)F)C(C)(C)C(=O)O. The van der Waals surface area contributed by atoms with Crippen LogP contribution in [0.15, 0.2) is 24.3 Å². The van der Waals surface area contributed by atoms with E-state index >= 15 is 0 Å². The van der Waals surface area contributed by atoms with Crippen LogP contribution >= 0.6 is 0 Å². The Hall–Kier alpha value is -2.18. The Labute approximate surface area is 121 Å². The van der Waals surface area contributed by atoms with Gasteiger partial charge in [-0.3, -0.25) is 4.79 Å². The number of carboxylic acids is 1. The number of carbonyl (C=O) groups is 2. The Kier molecular flexibility index (Phi) is 5.23. The molecule has 1 aromatic rings. The molecule has 0 aliphatic heterocycles. The normalized spacial score (nSPS) is 11.3. The fourth-order valence-electron chi connectivity index (χ4n) is 1.90. The molecular weight excluding hydrogens is 284 g/mol. The molecule has 0 aliphatic rings. The lowest BCUT2D eigenvalue weighted by molar-refractivity contribution is -0.147. The Morgan fingerprint density at radius 1 is 1.33 bits per heavy atom. The number of rotatable bonds is 6. The van der Waals surface area contributed by atoms with Gasteiger partial charge >= 0.3 is 12.6 Å². The zero-order valence-corrected chi connectivity index (χ0v) is 12.0. The number of carbonyl (C=O) groups excluding carboxylic acids is 1. The zero-order valence-electron chi connectivity index (χ0n) is 12.0. The highest BCUT2D eigenvalue weighted by Crippen LogP contribution is 2.25. The van der Waals surface area contributed by atoms with Crippen molar-refractivity contribution >= 4 is 11.9 Å². The molecule has 0 saturated heterocycles. The molecule has 0 bridgehead atoms. The van der Waals surface area contributed by atoms with Gasteiger partial charge in [0.1, 0.15) is 11.3 Å². The molecule has 0 radical (unpaired) electrons. The van der Waals surface area contributed by atoms with Crippen LogP contribution < -0.4 is 4.74 Å². The van der Waals surface area contributed by atoms with Gasteiger partial charge in [0.25, 0.3) is 5.91 Å². The molecule has 116 valence electrons. The van der Waals surface area contributed by atoms with Crippen molar-refractivity contribution in [1.82, 2.24) is 4.90 Å². The minimum absolute atomic E-state index is 0.103. The molecule has 0 atom stereocenters. The summed E-state index contributed by atoms with van der Waals surface area (Å²) in [5, 5.41) is 9.21. The number of hydrogen-bond acceptors (Lipinski definition) is 3. The van der Waals surface area contributed by atoms with Crippen LogP contribution in [-0.4, -0.2) is 40.6 Å². The molecule has 1 amide bonds. The molecular formula is C14H17F2NO4. The standard InChI is InChI=1S/C14H17F2NO4/c1-4-17(14(2,3)12(19)20)11(18)9-7-5-6-8-10(9)21-13(15)16/h5-8,13H,4H2,1-3H3,(H,19,20). The van der Waals surface area contributed by atoms with Crippen molar-refractivity contribution in [2.75, 3.05) is 6.54 Å². The van der Waals surface area contributed by atoms with E-state index in [-0.39, 0.29) is 17.9 Å². The highest BCUT2D eigenvalue weighted by Gasteiger charge is 2.38. The van der Waals surface area contributed by atoms with Crippen molar-refractivity contribution in [3.63, 3.8) is 0 Å². The first-order chi connectivity index (χ1) is 9.71. The van der Waals surface area contributed by atoms with Gasteiger partial charge < -0.3 is 14.7 Å². The third-order valence-electron chi connectivity index (χ3n) is 3.09. The minimum Gasteiger partial charge on any atom is -0.480 e. The van der Waals surface area contributed by atoms with E-state index in [4.69, 9.17) is 0 Å². The zero-order chi connectivity index (χ0) is 16.2. The summed E-state index contributed by atoms with van der Waals surface area (Å²) in [6.07, 6.45) is 0. The number of ether oxygens (including phenoxy) is 1. The number of nitrogens with zero attached hydrogens (tertiary/aromatic N) is 1. The Bertz CT molecular complexity index is 531. The Morgan fingerprint density at radius 3 is 2.38 bits per heavy atom. The van der Waals surface area contributed by atoms with Crippen LogP contribution in [0.1, 0.15) is 31.1 Å². The van der Waals surface area contributed by atoms with E-state index in [1.54, 1.807) is 6.92 Å². The molecule has 0 saturated carbocycles. The summed E-state index contributed by atoms with van der Waals surface area (Å²) in [7, 11) is 0. The molecule has 7 heteroatoms. The molecule has 0 unspecified atom stereocenters. The van der Waals surface area contributed by atoms with Gasteiger partial charge in [0.2, 0.25) is 0 Å². The highest BCUT2D eigenvalue weighted by molar-refractivity contribution is 5.99. The van der Waals surface area contributed by atoms with E-state index < -0.39 is 24.0 Å². The smallest absolute Gasteiger partial charge is 0.387 e. The summed E-state index contributed by atoms with van der Waals surface area (Å²) in [5.74, 6) is -2.15. The summed E-state index contributed by atoms with van der Waals surface area (Å²) >= 11 is 0. The van der Waals surface area contributed by atoms with Crippen molar-refractivity contribution in [1.29, 1.82) is 0 Å². The van der Waals surface area contributed by atoms with E-state index in [0.29, 0.717) is 0 Å². The van der Waals surface area contributed by atoms with Crippen LogP contribution in [-0.2, 0) is 4.79 Å². The van der Waals surface area contributed by atoms with Gasteiger partial charge in [-0.25, -0.2) is 4.79 Å². The number of amides is 1. The van der Waals surface area contributed by atoms with Gasteiger partial charge in [-0.2, -0.15) is 8.78 Å². The third kappa shape index (κ3) is 3.68. The second kappa shape index (κ2) is 6.51. The van der Waals surface area contributed by atoms with Crippen molar-refractivity contribution in [3.8, 4) is 5.75 Å². The van der Waals surface area contributed by atoms with E-state index in [0.717, 1.165) is 4.90 Å². The average Bonchev–Trinajstić information content (AvgIpc) is 2.38. The maximum absolute atomic E-state index is 12.5. The Balaban J connectivity index is 3.20. The first-order valence-corrected chi connectivity index (χ1v) is 6.31. The maximum Gasteiger partial charge on any atom is 0.387 e. The summed E-state index contributed by atoms with van der Waals surface area (Å²) < 4.78 is 29.0. The molecule has 0 aromatic heterocycles. The molecule has 5 nitrogen and oxygen atoms in total. The molecule has 21 heavy (non-hydrogen) atoms. The predicted molar refractivity (Wildman–Crippen MR) is 71.5 cm³/mol. The lowest BCUT2D eigenvalue weighted by Gasteiger charge is -2.34. The molecule has 0 heterocycles. The monoisotopic (exact) mass is 301 g/mol. The number of alkyl halides is 2. The second-order valence-corrected chi connectivity index (χ2v) is 4.79. The minimum atomic E-state index is -3.07. The lowest BCUT2D eigenvalue weighted by Crippen LogP contribution is -2.53. The number of aliphatic carboxylic acids is 1. The fraction of sp³-hybridized carbons (Fsp3) is 0.429. The Morgan fingerprint density at radius 2 is 1.90 bits per heavy atom. The van der Waals surface area contributed by atoms with Crippen molar-refractivity contribution in [3.05, 3.63) is 29.8 Å². The lowest BCUT2D eigenvalue weighted by atomic mass is 10.0. The van der Waals surface area contributed by atoms with Gasteiger partial charge in [0, 0.05) is 6.54 Å². The van der Waals surface area contributed by atoms with Gasteiger partial charge in [0.15, 0.2) is 0 Å². The molecule has 0 aliphatic carbocycles. The number of benzene rings is 1. The van der Waals surface area contributed by atoms with E-state index in [1.807, 2.05) is 0 Å². The first-order valence-electron chi connectivity index (χ1n) is 6.31. The topological polar surface area (TPSA) is 66.8 Å². The maximum atomic E-state index is 12.5. The number of halogens is 2. The van der Waals surface area contributed by atoms with Gasteiger partial charge in [-0.1, -0.05) is 12.1 Å². The van der Waals surface area contributed by atoms with E-state index in [2.05, 4.69) is 4.74 Å². The van der Waals surface area contributed by atoms with Crippen LogP contribution in [0.2, 0.25) is 0 Å². The molecule has 1 rings (SSSR count). The average molecular weight is 301 g/mol. The van der Waals surface area contributed by atoms with Gasteiger partial charge in [-0.15, -0.1) is 0 Å². The van der Waals surface area contributed by atoms with Crippen LogP contribution in [0.4, 0.5) is 8.78 Å². The van der Waals surface area contributed by atoms with Crippen LogP contribution in [0, 0.1) is 0 Å². The van der Waals surface area contributed by atoms with Gasteiger partial charge in [0.05, 0.1) is 5.56 Å². The third-order valence-corrected chi connectivity index (χ3v) is 3.09. The first kappa shape index (κ1) is 16.9. The number of likely N-dealkylation sites (N-methyl/N-ethyl adjacent to an activating group) is 1. The number of hydrogen-bond donors (Lipinski definition) is 1. The summed E-state index contributed by atoms with van der Waals surface area (Å²) in [6, 6.07) is 5.50. The van der Waals surface area contributed by atoms with Crippen molar-refractivity contribution < 1.29 is 28.2 Å². The summed E-state index contributed by atoms with van der Waals surface area (Å²) in [5.41, 5.74) is -1.57. The van der Waals surface area contributed by atoms with Crippen molar-refractivity contribution in [2.45, 2.75) is 32.9 Å². The van der Waals surface area contributed by atoms with E-state index in [9.17, 15) is 23.5 Å². The quantitative estimate of drug-likeness (QED) is 0.877. The summed E-state index contributed by atoms with van der Waals surface area (Å²) in [4.78, 5) is 24.8. The van der Waals surface area contributed by atoms with Crippen LogP contribution in [0.3, 0.4) is 0 Å².